The maximum absolute atomic E-state index is 12.6. The molecule has 2 aromatic carbocycles. The van der Waals surface area contributed by atoms with Crippen LogP contribution in [0, 0.1) is 6.92 Å². The number of nitrogens with one attached hydrogen (secondary N) is 1. The molecule has 2 atom stereocenters. The number of benzene rings is 2. The predicted octanol–water partition coefficient (Wildman–Crippen LogP) is 5.07. The van der Waals surface area contributed by atoms with Crippen LogP contribution in [0.5, 0.6) is 5.75 Å². The first-order chi connectivity index (χ1) is 11.5. The Kier molecular flexibility index (Phi) is 6.68. The maximum atomic E-state index is 12.6. The number of halogens is 1. The smallest absolute Gasteiger partial charge is 0.261 e. The molecular weight excluding hydrogens is 322 g/mol. The Morgan fingerprint density at radius 1 is 1.08 bits per heavy atom. The lowest BCUT2D eigenvalue weighted by molar-refractivity contribution is -0.128. The van der Waals surface area contributed by atoms with Crippen molar-refractivity contribution in [2.75, 3.05) is 0 Å². The molecule has 1 N–H and O–H groups in total. The first-order valence-electron chi connectivity index (χ1n) is 8.33. The average Bonchev–Trinajstić information content (AvgIpc) is 2.59. The number of para-hydroxylation sites is 1. The molecule has 0 aliphatic rings. The van der Waals surface area contributed by atoms with Gasteiger partial charge in [0.05, 0.1) is 11.1 Å². The zero-order valence-corrected chi connectivity index (χ0v) is 15.1. The van der Waals surface area contributed by atoms with Gasteiger partial charge in [-0.05, 0) is 37.5 Å². The standard InChI is InChI=1S/C20H24ClNO2/c1-4-17(15-12-10-14(3)11-13-15)22-20(23)18(5-2)24-19-9-7-6-8-16(19)21/h6-13,17-18H,4-5H2,1-3H3,(H,22,23)/t17-,18+/m0/s1. The number of carbonyl (C=O) groups is 1. The molecule has 0 fully saturated rings. The number of ether oxygens (including phenoxy) is 1. The van der Waals surface area contributed by atoms with Crippen molar-refractivity contribution < 1.29 is 9.53 Å². The molecule has 0 aliphatic carbocycles. The molecule has 0 radical (unpaired) electrons. The van der Waals surface area contributed by atoms with E-state index in [1.807, 2.05) is 26.0 Å². The molecule has 2 aromatic rings. The van der Waals surface area contributed by atoms with Crippen LogP contribution in [0.1, 0.15) is 43.9 Å². The average molecular weight is 346 g/mol. The van der Waals surface area contributed by atoms with E-state index in [0.29, 0.717) is 17.2 Å². The van der Waals surface area contributed by atoms with Gasteiger partial charge in [-0.1, -0.05) is 67.4 Å². The van der Waals surface area contributed by atoms with Crippen molar-refractivity contribution in [2.24, 2.45) is 0 Å². The molecule has 24 heavy (non-hydrogen) atoms. The SMILES string of the molecule is CC[C@H](NC(=O)[C@@H](CC)Oc1ccccc1Cl)c1ccc(C)cc1. The Hall–Kier alpha value is -2.00. The molecule has 0 unspecified atom stereocenters. The second-order valence-electron chi connectivity index (χ2n) is 5.83. The molecule has 4 heteroatoms. The summed E-state index contributed by atoms with van der Waals surface area (Å²) in [6.45, 7) is 6.03. The molecule has 2 rings (SSSR count). The molecule has 0 bridgehead atoms. The van der Waals surface area contributed by atoms with E-state index < -0.39 is 6.10 Å². The van der Waals surface area contributed by atoms with Gasteiger partial charge in [0.1, 0.15) is 5.75 Å². The van der Waals surface area contributed by atoms with E-state index in [4.69, 9.17) is 16.3 Å². The first kappa shape index (κ1) is 18.3. The highest BCUT2D eigenvalue weighted by Crippen LogP contribution is 2.25. The van der Waals surface area contributed by atoms with Crippen LogP contribution in [0.3, 0.4) is 0 Å². The van der Waals surface area contributed by atoms with E-state index in [1.54, 1.807) is 12.1 Å². The molecule has 3 nitrogen and oxygen atoms in total. The third kappa shape index (κ3) is 4.75. The van der Waals surface area contributed by atoms with E-state index >= 15 is 0 Å². The summed E-state index contributed by atoms with van der Waals surface area (Å²) in [5, 5.41) is 3.59. The Balaban J connectivity index is 2.07. The predicted molar refractivity (Wildman–Crippen MR) is 98.5 cm³/mol. The van der Waals surface area contributed by atoms with E-state index in [-0.39, 0.29) is 11.9 Å². The summed E-state index contributed by atoms with van der Waals surface area (Å²) >= 11 is 6.12. The van der Waals surface area contributed by atoms with Crippen molar-refractivity contribution >= 4 is 17.5 Å². The van der Waals surface area contributed by atoms with Crippen LogP contribution in [0.4, 0.5) is 0 Å². The lowest BCUT2D eigenvalue weighted by atomic mass is 10.0. The lowest BCUT2D eigenvalue weighted by Crippen LogP contribution is -2.40. The fourth-order valence-corrected chi connectivity index (χ4v) is 2.68. The fourth-order valence-electron chi connectivity index (χ4n) is 2.50. The van der Waals surface area contributed by atoms with Gasteiger partial charge in [0, 0.05) is 0 Å². The summed E-state index contributed by atoms with van der Waals surface area (Å²) in [5.74, 6) is 0.411. The molecule has 0 aliphatic heterocycles. The first-order valence-corrected chi connectivity index (χ1v) is 8.71. The lowest BCUT2D eigenvalue weighted by Gasteiger charge is -2.23. The summed E-state index contributed by atoms with van der Waals surface area (Å²) in [5.41, 5.74) is 2.30. The number of rotatable bonds is 7. The topological polar surface area (TPSA) is 38.3 Å². The molecule has 0 spiro atoms. The van der Waals surface area contributed by atoms with Crippen LogP contribution >= 0.6 is 11.6 Å². The minimum Gasteiger partial charge on any atom is -0.479 e. The minimum atomic E-state index is -0.565. The van der Waals surface area contributed by atoms with Crippen LogP contribution in [-0.4, -0.2) is 12.0 Å². The third-order valence-electron chi connectivity index (χ3n) is 3.97. The fraction of sp³-hybridized carbons (Fsp3) is 0.350. The third-order valence-corrected chi connectivity index (χ3v) is 4.29. The number of amides is 1. The summed E-state index contributed by atoms with van der Waals surface area (Å²) in [6.07, 6.45) is 0.822. The molecular formula is C20H24ClNO2. The summed E-state index contributed by atoms with van der Waals surface area (Å²) in [7, 11) is 0. The molecule has 0 aromatic heterocycles. The van der Waals surface area contributed by atoms with Gasteiger partial charge in [0.2, 0.25) is 0 Å². The quantitative estimate of drug-likeness (QED) is 0.760. The second kappa shape index (κ2) is 8.74. The highest BCUT2D eigenvalue weighted by atomic mass is 35.5. The van der Waals surface area contributed by atoms with Gasteiger partial charge in [0.15, 0.2) is 6.10 Å². The van der Waals surface area contributed by atoms with Gasteiger partial charge in [-0.2, -0.15) is 0 Å². The van der Waals surface area contributed by atoms with Gasteiger partial charge in [-0.25, -0.2) is 0 Å². The van der Waals surface area contributed by atoms with Crippen LogP contribution < -0.4 is 10.1 Å². The number of hydrogen-bond acceptors (Lipinski definition) is 2. The summed E-state index contributed by atoms with van der Waals surface area (Å²) < 4.78 is 5.81. The highest BCUT2D eigenvalue weighted by molar-refractivity contribution is 6.32. The van der Waals surface area contributed by atoms with Gasteiger partial charge < -0.3 is 10.1 Å². The van der Waals surface area contributed by atoms with Crippen molar-refractivity contribution in [3.63, 3.8) is 0 Å². The number of carbonyl (C=O) groups excluding carboxylic acids is 1. The largest absolute Gasteiger partial charge is 0.479 e. The number of aryl methyl sites for hydroxylation is 1. The summed E-state index contributed by atoms with van der Waals surface area (Å²) in [4.78, 5) is 12.6. The second-order valence-corrected chi connectivity index (χ2v) is 6.23. The van der Waals surface area contributed by atoms with Crippen LogP contribution in [0.25, 0.3) is 0 Å². The normalized spacial score (nSPS) is 13.2. The van der Waals surface area contributed by atoms with E-state index in [2.05, 4.69) is 36.5 Å². The molecule has 0 saturated heterocycles. The van der Waals surface area contributed by atoms with Crippen LogP contribution in [-0.2, 0) is 4.79 Å². The van der Waals surface area contributed by atoms with Crippen LogP contribution in [0.2, 0.25) is 5.02 Å². The molecule has 0 heterocycles. The van der Waals surface area contributed by atoms with E-state index in [0.717, 1.165) is 12.0 Å². The van der Waals surface area contributed by atoms with Gasteiger partial charge >= 0.3 is 0 Å². The van der Waals surface area contributed by atoms with Crippen molar-refractivity contribution in [1.29, 1.82) is 0 Å². The zero-order chi connectivity index (χ0) is 17.5. The van der Waals surface area contributed by atoms with Gasteiger partial charge in [0.25, 0.3) is 5.91 Å². The Morgan fingerprint density at radius 2 is 1.75 bits per heavy atom. The Bertz CT molecular complexity index is 670. The van der Waals surface area contributed by atoms with Crippen molar-refractivity contribution in [3.8, 4) is 5.75 Å². The maximum Gasteiger partial charge on any atom is 0.261 e. The van der Waals surface area contributed by atoms with Gasteiger partial charge in [-0.15, -0.1) is 0 Å². The monoisotopic (exact) mass is 345 g/mol. The Labute approximate surface area is 149 Å². The minimum absolute atomic E-state index is 0.0259. The van der Waals surface area contributed by atoms with Gasteiger partial charge in [-0.3, -0.25) is 4.79 Å². The summed E-state index contributed by atoms with van der Waals surface area (Å²) in [6, 6.07) is 15.4. The van der Waals surface area contributed by atoms with Crippen molar-refractivity contribution in [2.45, 2.75) is 45.8 Å². The van der Waals surface area contributed by atoms with E-state index in [1.165, 1.54) is 5.56 Å². The molecule has 1 amide bonds. The van der Waals surface area contributed by atoms with E-state index in [9.17, 15) is 4.79 Å². The molecule has 128 valence electrons. The Morgan fingerprint density at radius 3 is 2.33 bits per heavy atom. The van der Waals surface area contributed by atoms with Crippen molar-refractivity contribution in [3.05, 3.63) is 64.7 Å². The number of hydrogen-bond donors (Lipinski definition) is 1. The highest BCUT2D eigenvalue weighted by Gasteiger charge is 2.22. The van der Waals surface area contributed by atoms with Crippen LogP contribution in [0.15, 0.2) is 48.5 Å². The molecule has 0 saturated carbocycles. The van der Waals surface area contributed by atoms with Crippen molar-refractivity contribution in [1.82, 2.24) is 5.32 Å². The zero-order valence-electron chi connectivity index (χ0n) is 14.4.